The van der Waals surface area contributed by atoms with E-state index in [1.807, 2.05) is 0 Å². The van der Waals surface area contributed by atoms with Gasteiger partial charge in [-0.1, -0.05) is 61.2 Å². The average Bonchev–Trinajstić information content (AvgIpc) is 2.98. The summed E-state index contributed by atoms with van der Waals surface area (Å²) in [5, 5.41) is -1.08. The summed E-state index contributed by atoms with van der Waals surface area (Å²) >= 11 is 6.54. The van der Waals surface area contributed by atoms with Crippen molar-refractivity contribution in [3.8, 4) is 11.3 Å². The van der Waals surface area contributed by atoms with Crippen molar-refractivity contribution in [2.45, 2.75) is 24.7 Å². The predicted molar refractivity (Wildman–Crippen MR) is 144 cm³/mol. The van der Waals surface area contributed by atoms with Gasteiger partial charge in [0.1, 0.15) is 0 Å². The Hall–Kier alpha value is -2.98. The molecule has 194 valence electrons. The monoisotopic (exact) mass is 652 g/mol. The van der Waals surface area contributed by atoms with E-state index >= 15 is 17.6 Å². The van der Waals surface area contributed by atoms with Crippen LogP contribution in [0.4, 0.5) is 26.3 Å². The molecular formula is C28H16Br2F6N2. The third kappa shape index (κ3) is 3.60. The van der Waals surface area contributed by atoms with Gasteiger partial charge in [-0.15, -0.1) is 0 Å². The Balaban J connectivity index is 2.03. The first kappa shape index (κ1) is 26.6. The maximum Gasteiger partial charge on any atom is 0.380 e. The number of aromatic nitrogens is 2. The van der Waals surface area contributed by atoms with Crippen LogP contribution in [-0.4, -0.2) is 15.9 Å². The lowest BCUT2D eigenvalue weighted by atomic mass is 9.95. The molecule has 1 aliphatic carbocycles. The van der Waals surface area contributed by atoms with E-state index in [0.29, 0.717) is 16.8 Å². The van der Waals surface area contributed by atoms with Crippen LogP contribution in [0.5, 0.6) is 0 Å². The Morgan fingerprint density at radius 3 is 1.95 bits per heavy atom. The number of halogens is 8. The first-order chi connectivity index (χ1) is 17.9. The highest BCUT2D eigenvalue weighted by Crippen LogP contribution is 2.66. The molecule has 1 aliphatic rings. The van der Waals surface area contributed by atoms with Crippen molar-refractivity contribution in [3.63, 3.8) is 0 Å². The molecule has 0 atom stereocenters. The molecule has 0 saturated heterocycles. The third-order valence-electron chi connectivity index (χ3n) is 6.35. The molecule has 10 heteroatoms. The van der Waals surface area contributed by atoms with Crippen LogP contribution in [0, 0.1) is 0 Å². The number of hydrogen-bond donors (Lipinski definition) is 0. The van der Waals surface area contributed by atoms with Crippen LogP contribution in [0.2, 0.25) is 0 Å². The van der Waals surface area contributed by atoms with E-state index in [4.69, 9.17) is 0 Å². The molecule has 38 heavy (non-hydrogen) atoms. The number of fused-ring (bicyclic) bond motifs is 6. The molecule has 4 aromatic rings. The van der Waals surface area contributed by atoms with Crippen molar-refractivity contribution in [2.24, 2.45) is 0 Å². The molecule has 0 bridgehead atoms. The number of pyridine rings is 2. The van der Waals surface area contributed by atoms with Gasteiger partial charge in [-0.2, -0.15) is 26.3 Å². The fourth-order valence-corrected chi connectivity index (χ4v) is 5.77. The first-order valence-corrected chi connectivity index (χ1v) is 12.8. The van der Waals surface area contributed by atoms with E-state index in [-0.39, 0.29) is 25.7 Å². The van der Waals surface area contributed by atoms with E-state index in [2.05, 4.69) is 48.4 Å². The molecule has 0 saturated carbocycles. The Bertz CT molecular complexity index is 1700. The zero-order chi connectivity index (χ0) is 27.6. The highest BCUT2D eigenvalue weighted by atomic mass is 79.9. The quantitative estimate of drug-likeness (QED) is 0.124. The summed E-state index contributed by atoms with van der Waals surface area (Å²) < 4.78 is 90.5. The molecule has 2 aromatic carbocycles. The molecule has 0 fully saturated rings. The Labute approximate surface area is 230 Å². The Kier molecular flexibility index (Phi) is 6.34. The second-order valence-electron chi connectivity index (χ2n) is 8.63. The number of rotatable bonds is 4. The highest BCUT2D eigenvalue weighted by molar-refractivity contribution is 9.10. The molecular weight excluding hydrogens is 638 g/mol. The van der Waals surface area contributed by atoms with Crippen molar-refractivity contribution in [3.05, 3.63) is 99.1 Å². The summed E-state index contributed by atoms with van der Waals surface area (Å²) in [6, 6.07) is 10.9. The van der Waals surface area contributed by atoms with Crippen molar-refractivity contribution >= 4 is 59.2 Å². The summed E-state index contributed by atoms with van der Waals surface area (Å²) in [5.41, 5.74) is -1.65. The van der Waals surface area contributed by atoms with Gasteiger partial charge in [-0.05, 0) is 50.9 Å². The molecule has 0 spiro atoms. The minimum Gasteiger partial charge on any atom is -0.244 e. The maximum absolute atomic E-state index is 15.2. The van der Waals surface area contributed by atoms with Crippen LogP contribution in [0.15, 0.2) is 82.3 Å². The fraction of sp³-hybridized carbons (Fsp3) is 0.143. The van der Waals surface area contributed by atoms with E-state index in [1.165, 1.54) is 6.08 Å². The normalized spacial score (nSPS) is 17.9. The zero-order valence-electron chi connectivity index (χ0n) is 19.5. The summed E-state index contributed by atoms with van der Waals surface area (Å²) in [6.07, 6.45) is 6.51. The number of benzene rings is 2. The lowest BCUT2D eigenvalue weighted by Crippen LogP contribution is -2.43. The van der Waals surface area contributed by atoms with Crippen LogP contribution < -0.4 is 0 Å². The van der Waals surface area contributed by atoms with Crippen LogP contribution >= 0.6 is 31.9 Å². The third-order valence-corrected chi connectivity index (χ3v) is 7.55. The minimum atomic E-state index is -5.67. The predicted octanol–water partition coefficient (Wildman–Crippen LogP) is 9.95. The first-order valence-electron chi connectivity index (χ1n) is 11.2. The van der Waals surface area contributed by atoms with Gasteiger partial charge in [0.2, 0.25) is 0 Å². The van der Waals surface area contributed by atoms with Crippen LogP contribution in [0.25, 0.3) is 38.6 Å². The molecule has 2 aromatic heterocycles. The van der Waals surface area contributed by atoms with Gasteiger partial charge in [-0.25, -0.2) is 9.97 Å². The molecule has 0 N–H and O–H groups in total. The van der Waals surface area contributed by atoms with E-state index in [1.54, 1.807) is 55.5 Å². The van der Waals surface area contributed by atoms with Crippen molar-refractivity contribution < 1.29 is 26.3 Å². The summed E-state index contributed by atoms with van der Waals surface area (Å²) in [5.74, 6) is -16.0. The van der Waals surface area contributed by atoms with Gasteiger partial charge in [0.25, 0.3) is 0 Å². The molecule has 0 amide bonds. The number of alkyl halides is 6. The smallest absolute Gasteiger partial charge is 0.244 e. The second kappa shape index (κ2) is 9.05. The number of hydrogen-bond acceptors (Lipinski definition) is 2. The van der Waals surface area contributed by atoms with Crippen LogP contribution in [0.1, 0.15) is 23.7 Å². The van der Waals surface area contributed by atoms with Gasteiger partial charge < -0.3 is 0 Å². The van der Waals surface area contributed by atoms with E-state index in [9.17, 15) is 8.78 Å². The van der Waals surface area contributed by atoms with Gasteiger partial charge in [-0.3, -0.25) is 0 Å². The molecule has 0 radical (unpaired) electrons. The largest absolute Gasteiger partial charge is 0.380 e. The summed E-state index contributed by atoms with van der Waals surface area (Å²) in [4.78, 5) is 9.06. The van der Waals surface area contributed by atoms with Gasteiger partial charge in [0.15, 0.2) is 0 Å². The Morgan fingerprint density at radius 2 is 1.39 bits per heavy atom. The van der Waals surface area contributed by atoms with Crippen molar-refractivity contribution in [1.29, 1.82) is 0 Å². The lowest BCUT2D eigenvalue weighted by molar-refractivity contribution is -0.301. The molecule has 5 rings (SSSR count). The van der Waals surface area contributed by atoms with Crippen LogP contribution in [-0.2, 0) is 11.8 Å². The van der Waals surface area contributed by atoms with E-state index < -0.39 is 39.7 Å². The molecule has 2 heterocycles. The minimum absolute atomic E-state index is 0.146. The van der Waals surface area contributed by atoms with Crippen LogP contribution in [0.3, 0.4) is 0 Å². The Morgan fingerprint density at radius 1 is 0.842 bits per heavy atom. The van der Waals surface area contributed by atoms with Gasteiger partial charge in [0.05, 0.1) is 22.4 Å². The topological polar surface area (TPSA) is 25.8 Å². The molecule has 2 nitrogen and oxygen atoms in total. The standard InChI is InChI=1S/C28H16Br2F6N2/c1-3-8-14(9-4-2)22-18(29)12-16-20-21(27(33,34)28(35,36)26(20,31)32)17-13-19(30)23(15-10-6-5-7-11-15)38-25(17)24(16)37-22/h3-13H,1H2,2H3/b9-4-,14-8+. The maximum atomic E-state index is 15.2. The summed E-state index contributed by atoms with van der Waals surface area (Å²) in [6.45, 7) is 5.42. The summed E-state index contributed by atoms with van der Waals surface area (Å²) in [7, 11) is 0. The zero-order valence-corrected chi connectivity index (χ0v) is 22.6. The SMILES string of the molecule is C=C/C=C(\C=C/C)c1nc2c(cc1Br)c1c(c3cc(Br)c(-c4ccccc4)nc32)C(F)(F)C(F)(F)C1(F)F. The number of allylic oxidation sites excluding steroid dienone is 5. The van der Waals surface area contributed by atoms with E-state index in [0.717, 1.165) is 12.1 Å². The number of nitrogens with zero attached hydrogens (tertiary/aromatic N) is 2. The fourth-order valence-electron chi connectivity index (χ4n) is 4.67. The molecule has 0 unspecified atom stereocenters. The average molecular weight is 654 g/mol. The lowest BCUT2D eigenvalue weighted by Gasteiger charge is -2.23. The molecule has 0 aliphatic heterocycles. The van der Waals surface area contributed by atoms with Crippen molar-refractivity contribution in [1.82, 2.24) is 9.97 Å². The van der Waals surface area contributed by atoms with Gasteiger partial charge >= 0.3 is 17.8 Å². The highest BCUT2D eigenvalue weighted by Gasteiger charge is 2.80. The van der Waals surface area contributed by atoms with Gasteiger partial charge in [0, 0.05) is 42.0 Å². The van der Waals surface area contributed by atoms with Crippen molar-refractivity contribution in [2.75, 3.05) is 0 Å². The second-order valence-corrected chi connectivity index (χ2v) is 10.3.